The van der Waals surface area contributed by atoms with Crippen molar-refractivity contribution in [3.63, 3.8) is 0 Å². The van der Waals surface area contributed by atoms with Crippen LogP contribution in [0, 0.1) is 5.92 Å². The third-order valence-electron chi connectivity index (χ3n) is 3.76. The van der Waals surface area contributed by atoms with E-state index >= 15 is 0 Å². The maximum atomic E-state index is 12.0. The Hall–Kier alpha value is -0.320. The van der Waals surface area contributed by atoms with E-state index < -0.39 is 0 Å². The van der Waals surface area contributed by atoms with Crippen molar-refractivity contribution in [1.82, 2.24) is 5.32 Å². The van der Waals surface area contributed by atoms with Crippen LogP contribution in [0.15, 0.2) is 0 Å². The first-order chi connectivity index (χ1) is 8.84. The van der Waals surface area contributed by atoms with Crippen molar-refractivity contribution in [2.24, 2.45) is 11.7 Å². The predicted octanol–water partition coefficient (Wildman–Crippen LogP) is 2.64. The summed E-state index contributed by atoms with van der Waals surface area (Å²) < 4.78 is 5.73. The Morgan fingerprint density at radius 2 is 2.10 bits per heavy atom. The van der Waals surface area contributed by atoms with Gasteiger partial charge in [-0.2, -0.15) is 0 Å². The number of rotatable bonds is 7. The summed E-state index contributed by atoms with van der Waals surface area (Å²) in [5.41, 5.74) is 5.52. The highest BCUT2D eigenvalue weighted by Crippen LogP contribution is 2.23. The Bertz CT molecular complexity index is 300. The van der Waals surface area contributed by atoms with E-state index in [1.807, 2.05) is 6.92 Å². The van der Waals surface area contributed by atoms with Gasteiger partial charge in [0.1, 0.15) is 0 Å². The monoisotopic (exact) mass is 306 g/mol. The van der Waals surface area contributed by atoms with E-state index in [2.05, 4.69) is 26.1 Å². The molecule has 20 heavy (non-hydrogen) atoms. The highest BCUT2D eigenvalue weighted by Gasteiger charge is 2.27. The molecule has 1 saturated heterocycles. The normalized spacial score (nSPS) is 25.1. The maximum absolute atomic E-state index is 12.0. The third kappa shape index (κ3) is 6.91. The molecule has 4 nitrogen and oxygen atoms in total. The second kappa shape index (κ2) is 8.85. The van der Waals surface area contributed by atoms with Crippen LogP contribution in [-0.4, -0.2) is 30.2 Å². The summed E-state index contributed by atoms with van der Waals surface area (Å²) in [6.07, 6.45) is 5.06. The van der Waals surface area contributed by atoms with Gasteiger partial charge in [-0.25, -0.2) is 0 Å². The van der Waals surface area contributed by atoms with Crippen molar-refractivity contribution >= 4 is 18.3 Å². The fraction of sp³-hybridized carbons (Fsp3) is 0.933. The minimum absolute atomic E-state index is 0. The van der Waals surface area contributed by atoms with Gasteiger partial charge in [0, 0.05) is 18.5 Å². The first kappa shape index (κ1) is 19.7. The second-order valence-corrected chi connectivity index (χ2v) is 6.60. The van der Waals surface area contributed by atoms with E-state index in [1.54, 1.807) is 0 Å². The number of nitrogens with one attached hydrogen (secondary N) is 1. The van der Waals surface area contributed by atoms with Gasteiger partial charge in [-0.15, -0.1) is 12.4 Å². The molecule has 0 aromatic heterocycles. The fourth-order valence-corrected chi connectivity index (χ4v) is 2.88. The van der Waals surface area contributed by atoms with Crippen LogP contribution in [0.1, 0.15) is 59.8 Å². The summed E-state index contributed by atoms with van der Waals surface area (Å²) >= 11 is 0. The van der Waals surface area contributed by atoms with Gasteiger partial charge >= 0.3 is 0 Å². The molecule has 0 radical (unpaired) electrons. The van der Waals surface area contributed by atoms with Gasteiger partial charge in [0.05, 0.1) is 12.2 Å². The van der Waals surface area contributed by atoms with Crippen molar-refractivity contribution in [3.05, 3.63) is 0 Å². The van der Waals surface area contributed by atoms with Gasteiger partial charge < -0.3 is 15.8 Å². The van der Waals surface area contributed by atoms with E-state index in [-0.39, 0.29) is 30.0 Å². The zero-order valence-corrected chi connectivity index (χ0v) is 14.1. The molecule has 0 aliphatic carbocycles. The van der Waals surface area contributed by atoms with Crippen LogP contribution >= 0.6 is 12.4 Å². The van der Waals surface area contributed by atoms with Crippen molar-refractivity contribution in [1.29, 1.82) is 0 Å². The zero-order chi connectivity index (χ0) is 14.5. The Balaban J connectivity index is 0.00000361. The Kier molecular flexibility index (Phi) is 8.71. The van der Waals surface area contributed by atoms with Gasteiger partial charge in [0.2, 0.25) is 5.91 Å². The summed E-state index contributed by atoms with van der Waals surface area (Å²) in [7, 11) is 0. The molecule has 0 spiro atoms. The third-order valence-corrected chi connectivity index (χ3v) is 3.76. The lowest BCUT2D eigenvalue weighted by Gasteiger charge is -2.31. The summed E-state index contributed by atoms with van der Waals surface area (Å²) in [5.74, 6) is 0.615. The van der Waals surface area contributed by atoms with Crippen LogP contribution in [0.25, 0.3) is 0 Å². The molecule has 3 unspecified atom stereocenters. The molecular formula is C15H31ClN2O2. The molecule has 0 aromatic carbocycles. The summed E-state index contributed by atoms with van der Waals surface area (Å²) in [4.78, 5) is 12.0. The van der Waals surface area contributed by atoms with Crippen LogP contribution in [0.5, 0.6) is 0 Å². The fourth-order valence-electron chi connectivity index (χ4n) is 2.88. The predicted molar refractivity (Wildman–Crippen MR) is 85.1 cm³/mol. The largest absolute Gasteiger partial charge is 0.375 e. The quantitative estimate of drug-likeness (QED) is 0.760. The van der Waals surface area contributed by atoms with Crippen molar-refractivity contribution < 1.29 is 9.53 Å². The lowest BCUT2D eigenvalue weighted by atomic mass is 9.90. The molecule has 1 fully saturated rings. The topological polar surface area (TPSA) is 64.3 Å². The van der Waals surface area contributed by atoms with E-state index in [0.29, 0.717) is 25.0 Å². The molecular weight excluding hydrogens is 276 g/mol. The highest BCUT2D eigenvalue weighted by molar-refractivity contribution is 5.85. The van der Waals surface area contributed by atoms with Crippen LogP contribution in [0.4, 0.5) is 0 Å². The number of nitrogens with two attached hydrogens (primary N) is 1. The van der Waals surface area contributed by atoms with Crippen LogP contribution < -0.4 is 11.1 Å². The van der Waals surface area contributed by atoms with Crippen molar-refractivity contribution in [2.75, 3.05) is 6.54 Å². The van der Waals surface area contributed by atoms with E-state index in [9.17, 15) is 4.79 Å². The van der Waals surface area contributed by atoms with Gasteiger partial charge in [0.15, 0.2) is 0 Å². The second-order valence-electron chi connectivity index (χ2n) is 6.60. The van der Waals surface area contributed by atoms with Gasteiger partial charge in [-0.3, -0.25) is 4.79 Å². The summed E-state index contributed by atoms with van der Waals surface area (Å²) in [6.45, 7) is 8.89. The molecule has 3 N–H and O–H groups in total. The average Bonchev–Trinajstić information content (AvgIpc) is 2.71. The lowest BCUT2D eigenvalue weighted by Crippen LogP contribution is -2.52. The number of ether oxygens (including phenoxy) is 1. The van der Waals surface area contributed by atoms with Gasteiger partial charge in [-0.05, 0) is 45.4 Å². The number of amides is 1. The number of carbonyl (C=O) groups excluding carboxylic acids is 1. The number of halogens is 1. The van der Waals surface area contributed by atoms with Crippen LogP contribution in [0.3, 0.4) is 0 Å². The molecule has 1 rings (SSSR count). The van der Waals surface area contributed by atoms with E-state index in [0.717, 1.165) is 25.7 Å². The maximum Gasteiger partial charge on any atom is 0.220 e. The Morgan fingerprint density at radius 1 is 1.45 bits per heavy atom. The lowest BCUT2D eigenvalue weighted by molar-refractivity contribution is -0.123. The molecule has 0 saturated carbocycles. The minimum Gasteiger partial charge on any atom is -0.375 e. The minimum atomic E-state index is -0.283. The number of hydrogen-bond acceptors (Lipinski definition) is 3. The number of hydrogen-bond donors (Lipinski definition) is 2. The Labute approximate surface area is 129 Å². The number of carbonyl (C=O) groups is 1. The van der Waals surface area contributed by atoms with Crippen molar-refractivity contribution in [3.8, 4) is 0 Å². The van der Waals surface area contributed by atoms with Gasteiger partial charge in [0.25, 0.3) is 0 Å². The summed E-state index contributed by atoms with van der Waals surface area (Å²) in [6, 6.07) is 0. The average molecular weight is 307 g/mol. The van der Waals surface area contributed by atoms with Crippen LogP contribution in [0.2, 0.25) is 0 Å². The molecule has 1 aliphatic heterocycles. The van der Waals surface area contributed by atoms with E-state index in [1.165, 1.54) is 0 Å². The molecule has 1 amide bonds. The molecule has 0 aromatic rings. The standard InChI is InChI=1S/C15H30N2O2.ClH/c1-11(2)9-15(4,10-16)17-14(18)8-7-13-6-5-12(3)19-13;/h11-13H,5-10,16H2,1-4H3,(H,17,18);1H. The first-order valence-electron chi connectivity index (χ1n) is 7.51. The van der Waals surface area contributed by atoms with Gasteiger partial charge in [-0.1, -0.05) is 13.8 Å². The SMILES string of the molecule is CC(C)CC(C)(CN)NC(=O)CCC1CCC(C)O1.Cl. The first-order valence-corrected chi connectivity index (χ1v) is 7.51. The molecule has 1 aliphatic rings. The van der Waals surface area contributed by atoms with Crippen molar-refractivity contribution in [2.45, 2.75) is 77.5 Å². The molecule has 0 bridgehead atoms. The Morgan fingerprint density at radius 3 is 2.55 bits per heavy atom. The molecule has 3 atom stereocenters. The molecule has 1 heterocycles. The molecule has 5 heteroatoms. The smallest absolute Gasteiger partial charge is 0.220 e. The van der Waals surface area contributed by atoms with E-state index in [4.69, 9.17) is 10.5 Å². The summed E-state index contributed by atoms with van der Waals surface area (Å²) in [5, 5.41) is 3.09. The van der Waals surface area contributed by atoms with Crippen LogP contribution in [-0.2, 0) is 9.53 Å². The zero-order valence-electron chi connectivity index (χ0n) is 13.3. The highest BCUT2D eigenvalue weighted by atomic mass is 35.5. The molecule has 120 valence electrons.